The van der Waals surface area contributed by atoms with Crippen molar-refractivity contribution in [3.63, 3.8) is 0 Å². The van der Waals surface area contributed by atoms with E-state index in [9.17, 15) is 14.4 Å². The first kappa shape index (κ1) is 57.4. The third-order valence-electron chi connectivity index (χ3n) is 12.3. The Morgan fingerprint density at radius 1 is 0.339 bits per heavy atom. The fourth-order valence-electron chi connectivity index (χ4n) is 7.91. The zero-order valence-corrected chi connectivity index (χ0v) is 40.5. The lowest BCUT2D eigenvalue weighted by atomic mass is 10.00. The molecule has 0 aromatic carbocycles. The van der Waals surface area contributed by atoms with Crippen LogP contribution in [0.1, 0.15) is 286 Å². The summed E-state index contributed by atoms with van der Waals surface area (Å²) in [5, 5.41) is 0. The van der Waals surface area contributed by atoms with Crippen molar-refractivity contribution in [2.75, 3.05) is 13.2 Å². The SMILES string of the molecule is CCC(C)CCCCCCCCC(=O)OC[C@H](COC(=O)CCCCCCCCCCCCCCC(C)C)OC(=O)CCCCCCCCCCCCCCCC(C)C. The van der Waals surface area contributed by atoms with Gasteiger partial charge in [0.15, 0.2) is 6.10 Å². The summed E-state index contributed by atoms with van der Waals surface area (Å²) in [4.78, 5) is 37.9. The van der Waals surface area contributed by atoms with Gasteiger partial charge in [-0.05, 0) is 37.0 Å². The molecule has 59 heavy (non-hydrogen) atoms. The molecule has 6 heteroatoms. The van der Waals surface area contributed by atoms with E-state index in [1.54, 1.807) is 0 Å². The fraction of sp³-hybridized carbons (Fsp3) is 0.943. The van der Waals surface area contributed by atoms with E-state index in [0.29, 0.717) is 19.3 Å². The van der Waals surface area contributed by atoms with Gasteiger partial charge in [-0.15, -0.1) is 0 Å². The van der Waals surface area contributed by atoms with Crippen LogP contribution in [0.2, 0.25) is 0 Å². The molecule has 0 amide bonds. The van der Waals surface area contributed by atoms with Crippen molar-refractivity contribution >= 4 is 17.9 Å². The predicted molar refractivity (Wildman–Crippen MR) is 252 cm³/mol. The second-order valence-electron chi connectivity index (χ2n) is 19.4. The molecule has 0 N–H and O–H groups in total. The van der Waals surface area contributed by atoms with Gasteiger partial charge in [0.2, 0.25) is 0 Å². The van der Waals surface area contributed by atoms with E-state index >= 15 is 0 Å². The largest absolute Gasteiger partial charge is 0.462 e. The molecular weight excluding hydrogens is 733 g/mol. The van der Waals surface area contributed by atoms with Gasteiger partial charge in [-0.2, -0.15) is 0 Å². The highest BCUT2D eigenvalue weighted by Gasteiger charge is 2.19. The Bertz CT molecular complexity index is 916. The van der Waals surface area contributed by atoms with Crippen LogP contribution in [0.5, 0.6) is 0 Å². The first-order chi connectivity index (χ1) is 28.6. The van der Waals surface area contributed by atoms with Crippen LogP contribution in [0, 0.1) is 17.8 Å². The zero-order valence-electron chi connectivity index (χ0n) is 40.5. The molecule has 0 fully saturated rings. The molecule has 0 aliphatic heterocycles. The zero-order chi connectivity index (χ0) is 43.4. The van der Waals surface area contributed by atoms with Crippen molar-refractivity contribution in [1.29, 1.82) is 0 Å². The molecule has 6 nitrogen and oxygen atoms in total. The quantitative estimate of drug-likeness (QED) is 0.0345. The smallest absolute Gasteiger partial charge is 0.306 e. The molecule has 0 spiro atoms. The summed E-state index contributed by atoms with van der Waals surface area (Å²) in [6.45, 7) is 13.7. The third kappa shape index (κ3) is 45.8. The summed E-state index contributed by atoms with van der Waals surface area (Å²) in [6, 6.07) is 0. The van der Waals surface area contributed by atoms with Crippen LogP contribution in [-0.2, 0) is 28.6 Å². The summed E-state index contributed by atoms with van der Waals surface area (Å²) in [6.07, 6.45) is 43.8. The Hall–Kier alpha value is -1.59. The Labute approximate surface area is 368 Å². The monoisotopic (exact) mass is 835 g/mol. The van der Waals surface area contributed by atoms with Crippen LogP contribution in [0.15, 0.2) is 0 Å². The molecule has 1 unspecified atom stereocenters. The van der Waals surface area contributed by atoms with Crippen molar-refractivity contribution in [2.24, 2.45) is 17.8 Å². The maximum absolute atomic E-state index is 12.8. The molecule has 0 heterocycles. The molecule has 2 atom stereocenters. The second-order valence-corrected chi connectivity index (χ2v) is 19.4. The lowest BCUT2D eigenvalue weighted by molar-refractivity contribution is -0.167. The van der Waals surface area contributed by atoms with Crippen molar-refractivity contribution in [3.05, 3.63) is 0 Å². The van der Waals surface area contributed by atoms with Crippen LogP contribution in [-0.4, -0.2) is 37.2 Å². The lowest BCUT2D eigenvalue weighted by Crippen LogP contribution is -2.30. The number of unbranched alkanes of at least 4 members (excludes halogenated alkanes) is 28. The topological polar surface area (TPSA) is 78.9 Å². The van der Waals surface area contributed by atoms with Crippen molar-refractivity contribution < 1.29 is 28.6 Å². The maximum atomic E-state index is 12.8. The minimum absolute atomic E-state index is 0.0651. The van der Waals surface area contributed by atoms with Crippen LogP contribution < -0.4 is 0 Å². The highest BCUT2D eigenvalue weighted by atomic mass is 16.6. The van der Waals surface area contributed by atoms with Gasteiger partial charge < -0.3 is 14.2 Å². The minimum atomic E-state index is -0.763. The van der Waals surface area contributed by atoms with E-state index in [-0.39, 0.29) is 31.1 Å². The Kier molecular flexibility index (Phi) is 43.3. The molecule has 0 saturated heterocycles. The lowest BCUT2D eigenvalue weighted by Gasteiger charge is -2.18. The van der Waals surface area contributed by atoms with E-state index in [1.165, 1.54) is 167 Å². The molecule has 0 radical (unpaired) electrons. The molecule has 0 aromatic rings. The Morgan fingerprint density at radius 2 is 0.593 bits per heavy atom. The van der Waals surface area contributed by atoms with Crippen LogP contribution in [0.25, 0.3) is 0 Å². The predicted octanol–water partition coefficient (Wildman–Crippen LogP) is 16.8. The average molecular weight is 835 g/mol. The first-order valence-electron chi connectivity index (χ1n) is 26.1. The van der Waals surface area contributed by atoms with E-state index in [0.717, 1.165) is 75.5 Å². The highest BCUT2D eigenvalue weighted by molar-refractivity contribution is 5.71. The van der Waals surface area contributed by atoms with Crippen LogP contribution in [0.3, 0.4) is 0 Å². The molecule has 0 aliphatic carbocycles. The number of ether oxygens (including phenoxy) is 3. The molecule has 0 aliphatic rings. The van der Waals surface area contributed by atoms with E-state index in [1.807, 2.05) is 0 Å². The highest BCUT2D eigenvalue weighted by Crippen LogP contribution is 2.18. The van der Waals surface area contributed by atoms with Crippen LogP contribution >= 0.6 is 0 Å². The molecule has 0 saturated carbocycles. The van der Waals surface area contributed by atoms with Gasteiger partial charge in [0.25, 0.3) is 0 Å². The van der Waals surface area contributed by atoms with Gasteiger partial charge in [0.1, 0.15) is 13.2 Å². The normalized spacial score (nSPS) is 12.6. The third-order valence-corrected chi connectivity index (χ3v) is 12.3. The van der Waals surface area contributed by atoms with Gasteiger partial charge in [-0.3, -0.25) is 14.4 Å². The van der Waals surface area contributed by atoms with Gasteiger partial charge in [0.05, 0.1) is 0 Å². The summed E-state index contributed by atoms with van der Waals surface area (Å²) < 4.78 is 16.8. The van der Waals surface area contributed by atoms with Gasteiger partial charge in [-0.25, -0.2) is 0 Å². The van der Waals surface area contributed by atoms with Gasteiger partial charge >= 0.3 is 17.9 Å². The summed E-state index contributed by atoms with van der Waals surface area (Å²) in [5.74, 6) is 1.63. The van der Waals surface area contributed by atoms with Crippen molar-refractivity contribution in [1.82, 2.24) is 0 Å². The Morgan fingerprint density at radius 3 is 0.881 bits per heavy atom. The summed E-state index contributed by atoms with van der Waals surface area (Å²) >= 11 is 0. The fourth-order valence-corrected chi connectivity index (χ4v) is 7.91. The Balaban J connectivity index is 4.30. The van der Waals surface area contributed by atoms with Crippen molar-refractivity contribution in [2.45, 2.75) is 292 Å². The number of rotatable bonds is 46. The van der Waals surface area contributed by atoms with Crippen LogP contribution in [0.4, 0.5) is 0 Å². The van der Waals surface area contributed by atoms with Crippen molar-refractivity contribution in [3.8, 4) is 0 Å². The van der Waals surface area contributed by atoms with E-state index in [2.05, 4.69) is 41.5 Å². The average Bonchev–Trinajstić information content (AvgIpc) is 3.20. The van der Waals surface area contributed by atoms with E-state index in [4.69, 9.17) is 14.2 Å². The molecule has 0 aromatic heterocycles. The first-order valence-corrected chi connectivity index (χ1v) is 26.1. The molecule has 0 bridgehead atoms. The molecular formula is C53H102O6. The minimum Gasteiger partial charge on any atom is -0.462 e. The second kappa shape index (κ2) is 44.5. The number of hydrogen-bond donors (Lipinski definition) is 0. The van der Waals surface area contributed by atoms with E-state index < -0.39 is 6.10 Å². The number of carbonyl (C=O) groups is 3. The molecule has 0 rings (SSSR count). The number of hydrogen-bond acceptors (Lipinski definition) is 6. The summed E-state index contributed by atoms with van der Waals surface area (Å²) in [7, 11) is 0. The van der Waals surface area contributed by atoms with Gasteiger partial charge in [0, 0.05) is 19.3 Å². The van der Waals surface area contributed by atoms with Gasteiger partial charge in [-0.1, -0.05) is 247 Å². The standard InChI is InChI=1S/C53H102O6/c1-7-49(6)41-35-29-25-26-31-37-43-52(55)58-46-50(45-57-51(54)42-36-30-23-19-15-12-11-14-18-22-28-34-40-48(4)5)59-53(56)44-38-32-24-20-16-10-8-9-13-17-21-27-33-39-47(2)3/h47-50H,7-46H2,1-6H3/t49?,50-/m0/s1. The number of carbonyl (C=O) groups excluding carboxylic acids is 3. The number of esters is 3. The summed E-state index contributed by atoms with van der Waals surface area (Å²) in [5.41, 5.74) is 0. The maximum Gasteiger partial charge on any atom is 0.306 e. The molecule has 350 valence electrons.